The van der Waals surface area contributed by atoms with Gasteiger partial charge < -0.3 is 13.7 Å². The van der Waals surface area contributed by atoms with Gasteiger partial charge in [-0.25, -0.2) is 4.98 Å². The molecule has 0 aliphatic carbocycles. The predicted octanol–water partition coefficient (Wildman–Crippen LogP) is 20.8. The Labute approximate surface area is 488 Å². The number of benzene rings is 10. The number of rotatable bonds is 6. The summed E-state index contributed by atoms with van der Waals surface area (Å²) in [6, 6.07) is 56.9. The molecular weight excluding hydrogens is 1150 g/mol. The van der Waals surface area contributed by atoms with Crippen molar-refractivity contribution in [1.82, 2.24) is 23.3 Å². The molecule has 0 amide bonds. The van der Waals surface area contributed by atoms with Crippen molar-refractivity contribution in [2.45, 2.75) is 24.7 Å². The molecule has 88 heavy (non-hydrogen) atoms. The Morgan fingerprint density at radius 3 is 1.06 bits per heavy atom. The van der Waals surface area contributed by atoms with E-state index in [1.807, 2.05) is 118 Å². The molecule has 15 rings (SSSR count). The van der Waals surface area contributed by atoms with Crippen molar-refractivity contribution in [2.24, 2.45) is 0 Å². The van der Waals surface area contributed by atoms with E-state index >= 15 is 0 Å². The summed E-state index contributed by atoms with van der Waals surface area (Å²) >= 11 is 0. The number of pyridine rings is 1. The highest BCUT2D eigenvalue weighted by Crippen LogP contribution is 2.51. The van der Waals surface area contributed by atoms with E-state index in [4.69, 9.17) is 4.98 Å². The van der Waals surface area contributed by atoms with Gasteiger partial charge in [0.25, 0.3) is 0 Å². The molecule has 0 radical (unpaired) electrons. The Morgan fingerprint density at radius 1 is 0.318 bits per heavy atom. The van der Waals surface area contributed by atoms with E-state index in [2.05, 4.69) is 6.07 Å². The van der Waals surface area contributed by atoms with Gasteiger partial charge in [0, 0.05) is 65.6 Å². The van der Waals surface area contributed by atoms with Crippen molar-refractivity contribution in [2.75, 3.05) is 0 Å². The maximum atomic E-state index is 14.9. The summed E-state index contributed by atoms with van der Waals surface area (Å²) in [7, 11) is 0. The van der Waals surface area contributed by atoms with Crippen molar-refractivity contribution >= 4 is 87.2 Å². The quantitative estimate of drug-likeness (QED) is 0.156. The Balaban J connectivity index is 1.21. The SMILES string of the molecule is N#Cc1c(-c2cccc3c2c2ccccc2n3-c2ccccc2)c(-n2c3ccc(C(F)(F)F)cc3c3cc(C(F)(F)F)ccc32)nc(-c2cccc3c2c2ccccc2n3-c2ccccc2)c1-n1c2ccc(C(F)(F)F)cc2c2cc(C(F)(F)F)ccc21. The molecule has 0 saturated carbocycles. The Hall–Kier alpha value is -10.8. The summed E-state index contributed by atoms with van der Waals surface area (Å²) in [4.78, 5) is 5.66. The summed E-state index contributed by atoms with van der Waals surface area (Å²) in [6.45, 7) is 0. The van der Waals surface area contributed by atoms with Gasteiger partial charge in [-0.15, -0.1) is 0 Å². The standard InChI is InChI=1S/C70H36F12N6/c71-67(72,73)38-25-29-55-48(33-38)49-34-39(68(74,75)76)26-30-56(49)87(55)65-52(37-83)63(46-19-11-23-59-61(46)44-17-7-9-21-53(44)85(59)42-13-3-1-4-14-42)66(88-57-31-27-40(69(77,78)79)35-50(57)51-36-41(70(80,81)82)28-32-58(51)88)84-64(65)47-20-12-24-60-62(47)45-18-8-10-22-54(45)86(60)43-15-5-2-6-16-43/h1-36H. The van der Waals surface area contributed by atoms with Crippen LogP contribution in [0.5, 0.6) is 0 Å². The van der Waals surface area contributed by atoms with Gasteiger partial charge in [-0.1, -0.05) is 97.1 Å². The number of alkyl halides is 12. The molecule has 18 heteroatoms. The number of halogens is 12. The first kappa shape index (κ1) is 53.9. The molecular formula is C70H36F12N6. The average Bonchev–Trinajstić information content (AvgIpc) is 1.50. The van der Waals surface area contributed by atoms with Gasteiger partial charge in [-0.05, 0) is 127 Å². The van der Waals surface area contributed by atoms with Crippen LogP contribution in [0, 0.1) is 11.3 Å². The highest BCUT2D eigenvalue weighted by molar-refractivity contribution is 6.20. The third-order valence-corrected chi connectivity index (χ3v) is 16.5. The van der Waals surface area contributed by atoms with Gasteiger partial charge in [0.2, 0.25) is 0 Å². The highest BCUT2D eigenvalue weighted by atomic mass is 19.4. The maximum absolute atomic E-state index is 14.9. The fourth-order valence-electron chi connectivity index (χ4n) is 12.9. The molecule has 430 valence electrons. The summed E-state index contributed by atoms with van der Waals surface area (Å²) in [5.41, 5.74) is -1.02. The predicted molar refractivity (Wildman–Crippen MR) is 317 cm³/mol. The first-order valence-electron chi connectivity index (χ1n) is 27.3. The van der Waals surface area contributed by atoms with E-state index in [-0.39, 0.29) is 83.1 Å². The number of para-hydroxylation sites is 4. The van der Waals surface area contributed by atoms with Crippen LogP contribution >= 0.6 is 0 Å². The zero-order valence-corrected chi connectivity index (χ0v) is 45.0. The van der Waals surface area contributed by atoms with Crippen LogP contribution in [0.25, 0.3) is 132 Å². The third-order valence-electron chi connectivity index (χ3n) is 16.5. The zero-order chi connectivity index (χ0) is 60.9. The average molecular weight is 1190 g/mol. The molecule has 0 unspecified atom stereocenters. The van der Waals surface area contributed by atoms with E-state index in [0.717, 1.165) is 78.5 Å². The molecule has 0 aliphatic heterocycles. The molecule has 5 heterocycles. The Bertz CT molecular complexity index is 5320. The lowest BCUT2D eigenvalue weighted by atomic mass is 9.92. The number of hydrogen-bond donors (Lipinski definition) is 0. The first-order valence-corrected chi connectivity index (χ1v) is 27.3. The molecule has 0 aliphatic rings. The lowest BCUT2D eigenvalue weighted by molar-refractivity contribution is -0.138. The van der Waals surface area contributed by atoms with Crippen molar-refractivity contribution < 1.29 is 52.7 Å². The van der Waals surface area contributed by atoms with Gasteiger partial charge >= 0.3 is 24.7 Å². The smallest absolute Gasteiger partial charge is 0.309 e. The lowest BCUT2D eigenvalue weighted by Gasteiger charge is -2.23. The second-order valence-electron chi connectivity index (χ2n) is 21.4. The largest absolute Gasteiger partial charge is 0.416 e. The number of aromatic nitrogens is 5. The topological polar surface area (TPSA) is 56.4 Å². The van der Waals surface area contributed by atoms with E-state index < -0.39 is 47.0 Å². The minimum Gasteiger partial charge on any atom is -0.309 e. The summed E-state index contributed by atoms with van der Waals surface area (Å²) in [5.74, 6) is -0.179. The maximum Gasteiger partial charge on any atom is 0.416 e. The van der Waals surface area contributed by atoms with Crippen LogP contribution < -0.4 is 0 Å². The fourth-order valence-corrected chi connectivity index (χ4v) is 12.9. The number of hydrogen-bond acceptors (Lipinski definition) is 2. The molecule has 0 atom stereocenters. The Morgan fingerprint density at radius 2 is 0.659 bits per heavy atom. The van der Waals surface area contributed by atoms with Crippen molar-refractivity contribution in [1.29, 1.82) is 5.26 Å². The van der Waals surface area contributed by atoms with Crippen molar-refractivity contribution in [3.63, 3.8) is 0 Å². The number of nitrogens with zero attached hydrogens (tertiary/aromatic N) is 6. The minimum atomic E-state index is -4.98. The zero-order valence-electron chi connectivity index (χ0n) is 45.0. The van der Waals surface area contributed by atoms with Gasteiger partial charge in [-0.2, -0.15) is 57.9 Å². The van der Waals surface area contributed by atoms with E-state index in [1.54, 1.807) is 36.4 Å². The van der Waals surface area contributed by atoms with Crippen LogP contribution in [0.2, 0.25) is 0 Å². The van der Waals surface area contributed by atoms with E-state index in [0.29, 0.717) is 49.3 Å². The van der Waals surface area contributed by atoms with Gasteiger partial charge in [0.1, 0.15) is 11.9 Å². The van der Waals surface area contributed by atoms with Crippen LogP contribution in [-0.2, 0) is 24.7 Å². The third kappa shape index (κ3) is 8.16. The summed E-state index contributed by atoms with van der Waals surface area (Å²) in [5, 5.41) is 13.7. The molecule has 0 bridgehead atoms. The van der Waals surface area contributed by atoms with Gasteiger partial charge in [0.15, 0.2) is 0 Å². The molecule has 0 saturated heterocycles. The molecule has 5 aromatic heterocycles. The van der Waals surface area contributed by atoms with Crippen molar-refractivity contribution in [3.8, 4) is 51.3 Å². The molecule has 15 aromatic rings. The minimum absolute atomic E-state index is 0.0471. The number of fused-ring (bicyclic) bond motifs is 12. The number of nitriles is 1. The highest BCUT2D eigenvalue weighted by Gasteiger charge is 2.38. The van der Waals surface area contributed by atoms with Crippen LogP contribution in [0.1, 0.15) is 27.8 Å². The molecule has 0 spiro atoms. The van der Waals surface area contributed by atoms with Crippen LogP contribution in [0.3, 0.4) is 0 Å². The molecule has 6 nitrogen and oxygen atoms in total. The molecule has 10 aromatic carbocycles. The van der Waals surface area contributed by atoms with E-state index in [9.17, 15) is 57.9 Å². The lowest BCUT2D eigenvalue weighted by Crippen LogP contribution is -2.11. The van der Waals surface area contributed by atoms with E-state index in [1.165, 1.54) is 9.13 Å². The monoisotopic (exact) mass is 1190 g/mol. The summed E-state index contributed by atoms with van der Waals surface area (Å²) < 4.78 is 186. The molecule has 0 fully saturated rings. The summed E-state index contributed by atoms with van der Waals surface area (Å²) in [6.07, 6.45) is -19.9. The van der Waals surface area contributed by atoms with Crippen LogP contribution in [0.15, 0.2) is 218 Å². The van der Waals surface area contributed by atoms with Crippen LogP contribution in [0.4, 0.5) is 52.7 Å². The first-order chi connectivity index (χ1) is 42.2. The fraction of sp³-hybridized carbons (Fsp3) is 0.0571. The Kier molecular flexibility index (Phi) is 11.7. The second kappa shape index (κ2) is 19.1. The second-order valence-corrected chi connectivity index (χ2v) is 21.4. The normalized spacial score (nSPS) is 12.8. The van der Waals surface area contributed by atoms with Gasteiger partial charge in [0.05, 0.1) is 83.3 Å². The molecule has 0 N–H and O–H groups in total. The van der Waals surface area contributed by atoms with Crippen molar-refractivity contribution in [3.05, 3.63) is 246 Å². The van der Waals surface area contributed by atoms with Gasteiger partial charge in [-0.3, -0.25) is 4.57 Å². The van der Waals surface area contributed by atoms with Crippen LogP contribution in [-0.4, -0.2) is 23.3 Å².